The summed E-state index contributed by atoms with van der Waals surface area (Å²) in [6.45, 7) is 1.74. The first-order valence-corrected chi connectivity index (χ1v) is 8.21. The molecule has 0 aliphatic heterocycles. The Kier molecular flexibility index (Phi) is 6.98. The lowest BCUT2D eigenvalue weighted by Gasteiger charge is -2.15. The van der Waals surface area contributed by atoms with E-state index in [9.17, 15) is 9.18 Å². The van der Waals surface area contributed by atoms with Crippen LogP contribution >= 0.6 is 11.6 Å². The molecule has 0 unspecified atom stereocenters. The van der Waals surface area contributed by atoms with Crippen molar-refractivity contribution in [1.82, 2.24) is 5.32 Å². The van der Waals surface area contributed by atoms with Gasteiger partial charge in [0.15, 0.2) is 0 Å². The Balaban J connectivity index is 2.01. The minimum atomic E-state index is -0.475. The number of hydrogen-bond donors (Lipinski definition) is 2. The van der Waals surface area contributed by atoms with Gasteiger partial charge in [-0.3, -0.25) is 4.79 Å². The monoisotopic (exact) mass is 362 g/mol. The van der Waals surface area contributed by atoms with Gasteiger partial charge in [-0.15, -0.1) is 0 Å². The van der Waals surface area contributed by atoms with Crippen molar-refractivity contribution in [2.24, 2.45) is 5.73 Å². The molecule has 0 bridgehead atoms. The number of benzene rings is 2. The third kappa shape index (κ3) is 5.59. The van der Waals surface area contributed by atoms with Crippen molar-refractivity contribution in [2.45, 2.75) is 13.0 Å². The predicted molar refractivity (Wildman–Crippen MR) is 97.5 cm³/mol. The smallest absolute Gasteiger partial charge is 0.251 e. The molecule has 0 aliphatic carbocycles. The van der Waals surface area contributed by atoms with Crippen LogP contribution in [0.3, 0.4) is 0 Å². The van der Waals surface area contributed by atoms with Gasteiger partial charge in [0, 0.05) is 12.1 Å². The highest BCUT2D eigenvalue weighted by molar-refractivity contribution is 6.32. The summed E-state index contributed by atoms with van der Waals surface area (Å²) in [5.74, 6) is -0.425. The summed E-state index contributed by atoms with van der Waals surface area (Å²) >= 11 is 6.12. The molecule has 0 saturated heterocycles. The molecule has 25 heavy (non-hydrogen) atoms. The van der Waals surface area contributed by atoms with E-state index in [0.29, 0.717) is 11.3 Å². The summed E-state index contributed by atoms with van der Waals surface area (Å²) < 4.78 is 18.6. The van der Waals surface area contributed by atoms with Crippen LogP contribution in [0.4, 0.5) is 4.39 Å². The maximum atomic E-state index is 13.3. The van der Waals surface area contributed by atoms with Crippen molar-refractivity contribution >= 4 is 17.5 Å². The van der Waals surface area contributed by atoms with Gasteiger partial charge in [0.25, 0.3) is 5.91 Å². The maximum Gasteiger partial charge on any atom is 0.251 e. The molecule has 0 heterocycles. The Morgan fingerprint density at radius 3 is 2.68 bits per heavy atom. The Hall–Kier alpha value is -2.37. The van der Waals surface area contributed by atoms with E-state index in [1.807, 2.05) is 37.3 Å². The zero-order valence-corrected chi connectivity index (χ0v) is 14.6. The highest BCUT2D eigenvalue weighted by Gasteiger charge is 2.13. The Morgan fingerprint density at radius 1 is 1.32 bits per heavy atom. The fraction of sp³-hybridized carbons (Fsp3) is 0.211. The molecule has 2 aromatic carbocycles. The van der Waals surface area contributed by atoms with Crippen LogP contribution in [0.25, 0.3) is 0 Å². The lowest BCUT2D eigenvalue weighted by molar-refractivity contribution is 0.0940. The minimum Gasteiger partial charge on any atom is -0.485 e. The van der Waals surface area contributed by atoms with E-state index < -0.39 is 5.83 Å². The van der Waals surface area contributed by atoms with Crippen LogP contribution < -0.4 is 15.8 Å². The van der Waals surface area contributed by atoms with Crippen LogP contribution in [-0.2, 0) is 0 Å². The van der Waals surface area contributed by atoms with Crippen LogP contribution in [0.5, 0.6) is 5.75 Å². The quantitative estimate of drug-likeness (QED) is 0.781. The normalized spacial score (nSPS) is 12.6. The summed E-state index contributed by atoms with van der Waals surface area (Å²) in [5, 5.41) is 3.14. The summed E-state index contributed by atoms with van der Waals surface area (Å²) in [7, 11) is 0. The number of carbonyl (C=O) groups excluding carboxylic acids is 1. The molecular formula is C19H20ClFN2O2. The molecule has 4 nitrogen and oxygen atoms in total. The van der Waals surface area contributed by atoms with Crippen molar-refractivity contribution in [1.29, 1.82) is 0 Å². The zero-order chi connectivity index (χ0) is 18.2. The van der Waals surface area contributed by atoms with Crippen LogP contribution in [0.15, 0.2) is 60.4 Å². The fourth-order valence-electron chi connectivity index (χ4n) is 2.20. The Labute approximate surface area is 151 Å². The van der Waals surface area contributed by atoms with Gasteiger partial charge in [-0.25, -0.2) is 4.39 Å². The first kappa shape index (κ1) is 19.0. The lowest BCUT2D eigenvalue weighted by atomic mass is 10.1. The second kappa shape index (κ2) is 9.20. The van der Waals surface area contributed by atoms with E-state index in [1.165, 1.54) is 12.1 Å². The molecule has 1 atom stereocenters. The zero-order valence-electron chi connectivity index (χ0n) is 13.8. The van der Waals surface area contributed by atoms with Crippen LogP contribution in [-0.4, -0.2) is 19.1 Å². The van der Waals surface area contributed by atoms with E-state index in [2.05, 4.69) is 5.32 Å². The number of hydrogen-bond acceptors (Lipinski definition) is 3. The molecule has 2 rings (SSSR count). The third-order valence-corrected chi connectivity index (χ3v) is 3.84. The molecule has 0 saturated carbocycles. The number of nitrogens with two attached hydrogens (primary N) is 1. The fourth-order valence-corrected chi connectivity index (χ4v) is 2.43. The third-order valence-electron chi connectivity index (χ3n) is 3.55. The van der Waals surface area contributed by atoms with Crippen molar-refractivity contribution in [3.8, 4) is 5.75 Å². The van der Waals surface area contributed by atoms with Gasteiger partial charge in [-0.1, -0.05) is 41.9 Å². The van der Waals surface area contributed by atoms with Gasteiger partial charge in [0.1, 0.15) is 18.2 Å². The first-order chi connectivity index (χ1) is 12.0. The predicted octanol–water partition coefficient (Wildman–Crippen LogP) is 4.02. The number of nitrogens with one attached hydrogen (secondary N) is 1. The second-order valence-corrected chi connectivity index (χ2v) is 5.83. The molecule has 0 aromatic heterocycles. The van der Waals surface area contributed by atoms with Crippen LogP contribution in [0.2, 0.25) is 5.02 Å². The number of carbonyl (C=O) groups is 1. The molecule has 1 amide bonds. The van der Waals surface area contributed by atoms with Gasteiger partial charge in [-0.05, 0) is 36.8 Å². The lowest BCUT2D eigenvalue weighted by Crippen LogP contribution is -2.26. The second-order valence-electron chi connectivity index (χ2n) is 5.43. The SMILES string of the molecule is C[C@H](NC(=O)c1ccc(OC/C(F)=C\CN)c(Cl)c1)c1ccccc1. The standard InChI is InChI=1S/C19H20ClFN2O2/c1-13(14-5-3-2-4-6-14)23-19(24)15-7-8-18(17(20)11-15)25-12-16(21)9-10-22/h2-9,11,13H,10,12,22H2,1H3,(H,23,24)/b16-9+/t13-/m0/s1. The molecular weight excluding hydrogens is 343 g/mol. The summed E-state index contributed by atoms with van der Waals surface area (Å²) in [6.07, 6.45) is 1.22. The highest BCUT2D eigenvalue weighted by atomic mass is 35.5. The highest BCUT2D eigenvalue weighted by Crippen LogP contribution is 2.26. The van der Waals surface area contributed by atoms with Gasteiger partial charge in [-0.2, -0.15) is 0 Å². The van der Waals surface area contributed by atoms with E-state index in [0.717, 1.165) is 5.56 Å². The van der Waals surface area contributed by atoms with Gasteiger partial charge >= 0.3 is 0 Å². The van der Waals surface area contributed by atoms with Crippen molar-refractivity contribution in [2.75, 3.05) is 13.2 Å². The topological polar surface area (TPSA) is 64.3 Å². The summed E-state index contributed by atoms with van der Waals surface area (Å²) in [4.78, 5) is 12.3. The number of ether oxygens (including phenoxy) is 1. The van der Waals surface area contributed by atoms with Gasteiger partial charge in [0.05, 0.1) is 11.1 Å². The average molecular weight is 363 g/mol. The summed E-state index contributed by atoms with van der Waals surface area (Å²) in [6, 6.07) is 14.1. The molecule has 0 spiro atoms. The first-order valence-electron chi connectivity index (χ1n) is 7.84. The summed E-state index contributed by atoms with van der Waals surface area (Å²) in [5.41, 5.74) is 6.63. The number of rotatable bonds is 7. The van der Waals surface area contributed by atoms with Gasteiger partial charge in [0.2, 0.25) is 0 Å². The van der Waals surface area contributed by atoms with Crippen molar-refractivity contribution in [3.05, 3.63) is 76.6 Å². The van der Waals surface area contributed by atoms with E-state index in [1.54, 1.807) is 12.1 Å². The molecule has 0 fully saturated rings. The van der Waals surface area contributed by atoms with E-state index in [-0.39, 0.29) is 30.1 Å². The molecule has 132 valence electrons. The van der Waals surface area contributed by atoms with E-state index in [4.69, 9.17) is 22.1 Å². The number of amides is 1. The van der Waals surface area contributed by atoms with E-state index >= 15 is 0 Å². The molecule has 0 radical (unpaired) electrons. The van der Waals surface area contributed by atoms with Crippen LogP contribution in [0.1, 0.15) is 28.9 Å². The van der Waals surface area contributed by atoms with Crippen LogP contribution in [0, 0.1) is 0 Å². The molecule has 2 aromatic rings. The Bertz CT molecular complexity index is 750. The largest absolute Gasteiger partial charge is 0.485 e. The number of halogens is 2. The van der Waals surface area contributed by atoms with Crippen molar-refractivity contribution < 1.29 is 13.9 Å². The Morgan fingerprint density at radius 2 is 2.04 bits per heavy atom. The minimum absolute atomic E-state index is 0.0988. The molecule has 3 N–H and O–H groups in total. The molecule has 0 aliphatic rings. The maximum absolute atomic E-state index is 13.3. The molecule has 6 heteroatoms. The van der Waals surface area contributed by atoms with Crippen molar-refractivity contribution in [3.63, 3.8) is 0 Å². The average Bonchev–Trinajstić information content (AvgIpc) is 2.61. The van der Waals surface area contributed by atoms with Gasteiger partial charge < -0.3 is 15.8 Å².